The van der Waals surface area contributed by atoms with Crippen molar-refractivity contribution in [2.75, 3.05) is 26.7 Å². The number of sulfonamides is 1. The van der Waals surface area contributed by atoms with Crippen molar-refractivity contribution >= 4 is 15.9 Å². The smallest absolute Gasteiger partial charge is 0.254 e. The lowest BCUT2D eigenvalue weighted by atomic mass is 9.94. The molecule has 0 saturated carbocycles. The number of halogens is 1. The molecule has 0 aliphatic carbocycles. The Hall–Kier alpha value is -3.11. The molecule has 1 N–H and O–H groups in total. The first-order valence-corrected chi connectivity index (χ1v) is 14.0. The zero-order chi connectivity index (χ0) is 27.4. The van der Waals surface area contributed by atoms with Crippen LogP contribution in [0.15, 0.2) is 77.7 Å². The molecule has 0 fully saturated rings. The number of hydrogen-bond acceptors (Lipinski definition) is 5. The van der Waals surface area contributed by atoms with E-state index in [2.05, 4.69) is 0 Å². The third kappa shape index (κ3) is 5.81. The molecule has 3 atom stereocenters. The SMILES string of the molecule is C[C@@H]1CN([C@H](C)CO)C(=O)c2ccccc2-c2ccccc2CO[C@@H]1CN(C)S(=O)(=O)c1ccc(F)cc1. The molecule has 0 unspecified atom stereocenters. The highest BCUT2D eigenvalue weighted by Gasteiger charge is 2.32. The first kappa shape index (κ1) is 27.9. The van der Waals surface area contributed by atoms with Gasteiger partial charge in [0.15, 0.2) is 0 Å². The van der Waals surface area contributed by atoms with E-state index in [0.717, 1.165) is 28.8 Å². The van der Waals surface area contributed by atoms with Crippen molar-refractivity contribution in [3.63, 3.8) is 0 Å². The molecule has 0 spiro atoms. The van der Waals surface area contributed by atoms with E-state index in [1.165, 1.54) is 23.5 Å². The van der Waals surface area contributed by atoms with Crippen molar-refractivity contribution in [3.8, 4) is 11.1 Å². The second-order valence-electron chi connectivity index (χ2n) is 9.76. The van der Waals surface area contributed by atoms with Gasteiger partial charge in [0.1, 0.15) is 5.82 Å². The number of aliphatic hydroxyl groups is 1. The van der Waals surface area contributed by atoms with Gasteiger partial charge >= 0.3 is 0 Å². The maximum absolute atomic E-state index is 13.9. The Balaban J connectivity index is 1.73. The molecule has 0 bridgehead atoms. The van der Waals surface area contributed by atoms with E-state index in [-0.39, 0.29) is 43.0 Å². The molecular formula is C29H33FN2O5S. The number of ether oxygens (including phenoxy) is 1. The number of benzene rings is 3. The van der Waals surface area contributed by atoms with E-state index >= 15 is 0 Å². The van der Waals surface area contributed by atoms with Gasteiger partial charge in [0.2, 0.25) is 10.0 Å². The molecule has 3 aromatic carbocycles. The van der Waals surface area contributed by atoms with Gasteiger partial charge in [0, 0.05) is 31.6 Å². The number of likely N-dealkylation sites (N-methyl/N-ethyl adjacent to an activating group) is 1. The highest BCUT2D eigenvalue weighted by Crippen LogP contribution is 2.31. The minimum absolute atomic E-state index is 0.0165. The third-order valence-electron chi connectivity index (χ3n) is 7.05. The van der Waals surface area contributed by atoms with Crippen LogP contribution in [-0.2, 0) is 21.4 Å². The second-order valence-corrected chi connectivity index (χ2v) is 11.8. The maximum atomic E-state index is 13.9. The summed E-state index contributed by atoms with van der Waals surface area (Å²) in [5.74, 6) is -1.01. The van der Waals surface area contributed by atoms with Gasteiger partial charge < -0.3 is 14.7 Å². The molecule has 1 aliphatic heterocycles. The summed E-state index contributed by atoms with van der Waals surface area (Å²) in [5, 5.41) is 9.96. The molecule has 1 heterocycles. The summed E-state index contributed by atoms with van der Waals surface area (Å²) in [6.45, 7) is 3.95. The quantitative estimate of drug-likeness (QED) is 0.507. The molecule has 4 rings (SSSR count). The van der Waals surface area contributed by atoms with Crippen LogP contribution >= 0.6 is 0 Å². The Kier molecular flexibility index (Phi) is 8.62. The van der Waals surface area contributed by atoms with Crippen molar-refractivity contribution in [2.24, 2.45) is 5.92 Å². The van der Waals surface area contributed by atoms with Crippen LogP contribution < -0.4 is 0 Å². The fraction of sp³-hybridized carbons (Fsp3) is 0.345. The van der Waals surface area contributed by atoms with E-state index in [1.54, 1.807) is 17.9 Å². The average molecular weight is 541 g/mol. The van der Waals surface area contributed by atoms with Gasteiger partial charge in [-0.2, -0.15) is 4.31 Å². The number of nitrogens with zero attached hydrogens (tertiary/aromatic N) is 2. The lowest BCUT2D eigenvalue weighted by Gasteiger charge is -2.35. The van der Waals surface area contributed by atoms with Crippen molar-refractivity contribution in [2.45, 2.75) is 37.5 Å². The van der Waals surface area contributed by atoms with Crippen LogP contribution in [0.3, 0.4) is 0 Å². The molecule has 38 heavy (non-hydrogen) atoms. The minimum atomic E-state index is -3.91. The van der Waals surface area contributed by atoms with E-state index in [1.807, 2.05) is 49.4 Å². The predicted molar refractivity (Wildman–Crippen MR) is 143 cm³/mol. The van der Waals surface area contributed by atoms with E-state index in [0.29, 0.717) is 5.56 Å². The summed E-state index contributed by atoms with van der Waals surface area (Å²) in [5.41, 5.74) is 3.03. The number of amides is 1. The van der Waals surface area contributed by atoms with Crippen molar-refractivity contribution in [3.05, 3.63) is 89.7 Å². The van der Waals surface area contributed by atoms with E-state index in [4.69, 9.17) is 4.74 Å². The highest BCUT2D eigenvalue weighted by atomic mass is 32.2. The van der Waals surface area contributed by atoms with Crippen LogP contribution in [0.5, 0.6) is 0 Å². The Labute approximate surface area is 223 Å². The predicted octanol–water partition coefficient (Wildman–Crippen LogP) is 4.17. The number of hydrogen-bond donors (Lipinski definition) is 1. The standard InChI is InChI=1S/C29H33FN2O5S/c1-20-16-32(21(2)18-33)29(34)27-11-7-6-10-26(27)25-9-5-4-8-22(25)19-37-28(20)17-31(3)38(35,36)24-14-12-23(30)13-15-24/h4-15,20-21,28,33H,16-19H2,1-3H3/t20-,21-,28-/m1/s1. The highest BCUT2D eigenvalue weighted by molar-refractivity contribution is 7.89. The summed E-state index contributed by atoms with van der Waals surface area (Å²) in [6.07, 6.45) is -0.578. The molecule has 0 radical (unpaired) electrons. The van der Waals surface area contributed by atoms with Gasteiger partial charge in [-0.3, -0.25) is 4.79 Å². The van der Waals surface area contributed by atoms with Gasteiger partial charge in [-0.1, -0.05) is 49.4 Å². The van der Waals surface area contributed by atoms with Crippen LogP contribution in [0.1, 0.15) is 29.8 Å². The molecule has 202 valence electrons. The maximum Gasteiger partial charge on any atom is 0.254 e. The molecule has 0 saturated heterocycles. The summed E-state index contributed by atoms with van der Waals surface area (Å²) < 4.78 is 47.4. The van der Waals surface area contributed by atoms with Crippen LogP contribution in [0.2, 0.25) is 0 Å². The second kappa shape index (κ2) is 11.7. The van der Waals surface area contributed by atoms with Gasteiger partial charge in [-0.05, 0) is 53.9 Å². The average Bonchev–Trinajstić information content (AvgIpc) is 2.94. The van der Waals surface area contributed by atoms with Crippen molar-refractivity contribution in [1.82, 2.24) is 9.21 Å². The largest absolute Gasteiger partial charge is 0.394 e. The topological polar surface area (TPSA) is 87.2 Å². The first-order valence-electron chi connectivity index (χ1n) is 12.6. The number of fused-ring (bicyclic) bond motifs is 3. The molecule has 1 aliphatic rings. The van der Waals surface area contributed by atoms with Crippen LogP contribution in [-0.4, -0.2) is 67.5 Å². The summed E-state index contributed by atoms with van der Waals surface area (Å²) in [4.78, 5) is 15.5. The fourth-order valence-electron chi connectivity index (χ4n) is 4.69. The van der Waals surface area contributed by atoms with Gasteiger partial charge in [0.25, 0.3) is 5.91 Å². The Morgan fingerprint density at radius 3 is 2.29 bits per heavy atom. The molecule has 7 nitrogen and oxygen atoms in total. The molecule has 3 aromatic rings. The zero-order valence-electron chi connectivity index (χ0n) is 21.7. The Morgan fingerprint density at radius 1 is 1.03 bits per heavy atom. The normalized spacial score (nSPS) is 19.4. The lowest BCUT2D eigenvalue weighted by Crippen LogP contribution is -2.47. The third-order valence-corrected chi connectivity index (χ3v) is 8.89. The molecular weight excluding hydrogens is 507 g/mol. The number of aliphatic hydroxyl groups excluding tert-OH is 1. The van der Waals surface area contributed by atoms with Crippen LogP contribution in [0.25, 0.3) is 11.1 Å². The van der Waals surface area contributed by atoms with Gasteiger partial charge in [-0.25, -0.2) is 12.8 Å². The van der Waals surface area contributed by atoms with Gasteiger partial charge in [0.05, 0.1) is 30.3 Å². The summed E-state index contributed by atoms with van der Waals surface area (Å²) in [6, 6.07) is 19.3. The van der Waals surface area contributed by atoms with Crippen molar-refractivity contribution in [1.29, 1.82) is 0 Å². The summed E-state index contributed by atoms with van der Waals surface area (Å²) in [7, 11) is -2.45. The van der Waals surface area contributed by atoms with Crippen molar-refractivity contribution < 1.29 is 27.4 Å². The number of rotatable bonds is 6. The molecule has 1 amide bonds. The van der Waals surface area contributed by atoms with Crippen LogP contribution in [0.4, 0.5) is 4.39 Å². The monoisotopic (exact) mass is 540 g/mol. The number of carbonyl (C=O) groups is 1. The minimum Gasteiger partial charge on any atom is -0.394 e. The number of carbonyl (C=O) groups excluding carboxylic acids is 1. The Morgan fingerprint density at radius 2 is 1.63 bits per heavy atom. The molecule has 0 aromatic heterocycles. The van der Waals surface area contributed by atoms with E-state index < -0.39 is 28.0 Å². The Bertz CT molecular complexity index is 1380. The summed E-state index contributed by atoms with van der Waals surface area (Å²) >= 11 is 0. The van der Waals surface area contributed by atoms with Gasteiger partial charge in [-0.15, -0.1) is 0 Å². The first-order chi connectivity index (χ1) is 18.1. The fourth-order valence-corrected chi connectivity index (χ4v) is 5.87. The van der Waals surface area contributed by atoms with E-state index in [9.17, 15) is 22.7 Å². The zero-order valence-corrected chi connectivity index (χ0v) is 22.6. The van der Waals surface area contributed by atoms with Crippen LogP contribution in [0, 0.1) is 11.7 Å². The lowest BCUT2D eigenvalue weighted by molar-refractivity contribution is -0.0146. The molecule has 9 heteroatoms.